The van der Waals surface area contributed by atoms with Gasteiger partial charge in [0.2, 0.25) is 0 Å². The molecule has 1 N–H and O–H groups in total. The summed E-state index contributed by atoms with van der Waals surface area (Å²) in [7, 11) is 0. The van der Waals surface area contributed by atoms with Gasteiger partial charge in [0, 0.05) is 6.54 Å². The quantitative estimate of drug-likeness (QED) is 0.699. The standard InChI is InChI=1S/C11H13ClFN/c1-7-6-14-3-2-8-4-11(13)10(12)5-9(7)8/h4-5,7,14H,2-3,6H2,1H3/t7-/m0/s1. The van der Waals surface area contributed by atoms with E-state index in [4.69, 9.17) is 11.6 Å². The molecule has 0 aromatic heterocycles. The van der Waals surface area contributed by atoms with Crippen molar-refractivity contribution in [3.05, 3.63) is 34.1 Å². The van der Waals surface area contributed by atoms with E-state index in [1.807, 2.05) is 0 Å². The van der Waals surface area contributed by atoms with Crippen LogP contribution in [0.2, 0.25) is 5.02 Å². The molecule has 1 aliphatic heterocycles. The Morgan fingerprint density at radius 1 is 1.50 bits per heavy atom. The first-order valence-electron chi connectivity index (χ1n) is 4.87. The summed E-state index contributed by atoms with van der Waals surface area (Å²) in [6, 6.07) is 3.34. The maximum absolute atomic E-state index is 13.2. The predicted octanol–water partition coefficient (Wildman–Crippen LogP) is 2.73. The number of nitrogens with one attached hydrogen (secondary N) is 1. The highest BCUT2D eigenvalue weighted by molar-refractivity contribution is 6.30. The SMILES string of the molecule is C[C@H]1CNCCc2cc(F)c(Cl)cc21. The Labute approximate surface area is 88.3 Å². The van der Waals surface area contributed by atoms with E-state index in [-0.39, 0.29) is 10.8 Å². The Bertz CT molecular complexity index is 351. The van der Waals surface area contributed by atoms with Crippen LogP contribution >= 0.6 is 11.6 Å². The highest BCUT2D eigenvalue weighted by atomic mass is 35.5. The van der Waals surface area contributed by atoms with Crippen LogP contribution in [0.3, 0.4) is 0 Å². The van der Waals surface area contributed by atoms with Gasteiger partial charge in [-0.25, -0.2) is 4.39 Å². The lowest BCUT2D eigenvalue weighted by Gasteiger charge is -2.12. The summed E-state index contributed by atoms with van der Waals surface area (Å²) >= 11 is 5.77. The van der Waals surface area contributed by atoms with Crippen molar-refractivity contribution in [1.82, 2.24) is 5.32 Å². The van der Waals surface area contributed by atoms with E-state index in [1.54, 1.807) is 12.1 Å². The highest BCUT2D eigenvalue weighted by Gasteiger charge is 2.16. The lowest BCUT2D eigenvalue weighted by Crippen LogP contribution is -2.18. The van der Waals surface area contributed by atoms with Crippen molar-refractivity contribution in [2.75, 3.05) is 13.1 Å². The van der Waals surface area contributed by atoms with Crippen LogP contribution in [-0.4, -0.2) is 13.1 Å². The summed E-state index contributed by atoms with van der Waals surface area (Å²) < 4.78 is 13.2. The molecular weight excluding hydrogens is 201 g/mol. The van der Waals surface area contributed by atoms with Crippen molar-refractivity contribution in [1.29, 1.82) is 0 Å². The number of halogens is 2. The molecule has 0 radical (unpaired) electrons. The summed E-state index contributed by atoms with van der Waals surface area (Å²) in [6.45, 7) is 3.98. The smallest absolute Gasteiger partial charge is 0.142 e. The molecule has 0 unspecified atom stereocenters. The van der Waals surface area contributed by atoms with Crippen molar-refractivity contribution >= 4 is 11.6 Å². The number of fused-ring (bicyclic) bond motifs is 1. The van der Waals surface area contributed by atoms with Gasteiger partial charge >= 0.3 is 0 Å². The maximum atomic E-state index is 13.2. The Morgan fingerprint density at radius 3 is 3.07 bits per heavy atom. The van der Waals surface area contributed by atoms with Crippen LogP contribution in [-0.2, 0) is 6.42 Å². The third kappa shape index (κ3) is 1.77. The first-order valence-corrected chi connectivity index (χ1v) is 5.25. The van der Waals surface area contributed by atoms with E-state index in [0.29, 0.717) is 5.92 Å². The molecule has 14 heavy (non-hydrogen) atoms. The number of hydrogen-bond acceptors (Lipinski definition) is 1. The van der Waals surface area contributed by atoms with Gasteiger partial charge in [-0.2, -0.15) is 0 Å². The van der Waals surface area contributed by atoms with Crippen LogP contribution in [0.25, 0.3) is 0 Å². The van der Waals surface area contributed by atoms with Crippen LogP contribution in [0, 0.1) is 5.82 Å². The van der Waals surface area contributed by atoms with Gasteiger partial charge in [0.05, 0.1) is 5.02 Å². The molecule has 76 valence electrons. The average molecular weight is 214 g/mol. The molecule has 0 fully saturated rings. The van der Waals surface area contributed by atoms with Gasteiger partial charge in [0.15, 0.2) is 0 Å². The number of rotatable bonds is 0. The Kier molecular flexibility index (Phi) is 2.75. The van der Waals surface area contributed by atoms with Gasteiger partial charge in [0.1, 0.15) is 5.82 Å². The first kappa shape index (κ1) is 9.94. The van der Waals surface area contributed by atoms with Gasteiger partial charge < -0.3 is 5.32 Å². The second kappa shape index (κ2) is 3.87. The monoisotopic (exact) mass is 213 g/mol. The van der Waals surface area contributed by atoms with Crippen molar-refractivity contribution in [2.24, 2.45) is 0 Å². The maximum Gasteiger partial charge on any atom is 0.142 e. The Morgan fingerprint density at radius 2 is 2.29 bits per heavy atom. The molecule has 2 rings (SSSR count). The third-order valence-corrected chi connectivity index (χ3v) is 3.02. The lowest BCUT2D eigenvalue weighted by atomic mass is 9.95. The van der Waals surface area contributed by atoms with E-state index < -0.39 is 0 Å². The van der Waals surface area contributed by atoms with Gasteiger partial charge in [0.25, 0.3) is 0 Å². The first-order chi connectivity index (χ1) is 6.68. The van der Waals surface area contributed by atoms with Crippen LogP contribution in [0.1, 0.15) is 24.0 Å². The third-order valence-electron chi connectivity index (χ3n) is 2.73. The Hall–Kier alpha value is -0.600. The number of benzene rings is 1. The topological polar surface area (TPSA) is 12.0 Å². The molecule has 0 amide bonds. The minimum Gasteiger partial charge on any atom is -0.316 e. The minimum atomic E-state index is -0.306. The van der Waals surface area contributed by atoms with Gasteiger partial charge in [-0.3, -0.25) is 0 Å². The van der Waals surface area contributed by atoms with E-state index in [1.165, 1.54) is 5.56 Å². The fourth-order valence-electron chi connectivity index (χ4n) is 1.93. The summed E-state index contributed by atoms with van der Waals surface area (Å²) in [5, 5.41) is 3.55. The average Bonchev–Trinajstić information content (AvgIpc) is 2.31. The Balaban J connectivity index is 2.49. The fourth-order valence-corrected chi connectivity index (χ4v) is 2.10. The fraction of sp³-hybridized carbons (Fsp3) is 0.455. The largest absolute Gasteiger partial charge is 0.316 e. The van der Waals surface area contributed by atoms with Gasteiger partial charge in [-0.1, -0.05) is 18.5 Å². The van der Waals surface area contributed by atoms with Gasteiger partial charge in [-0.15, -0.1) is 0 Å². The second-order valence-electron chi connectivity index (χ2n) is 3.82. The van der Waals surface area contributed by atoms with E-state index in [0.717, 1.165) is 25.1 Å². The zero-order chi connectivity index (χ0) is 10.1. The van der Waals surface area contributed by atoms with Crippen molar-refractivity contribution in [2.45, 2.75) is 19.3 Å². The minimum absolute atomic E-state index is 0.234. The summed E-state index contributed by atoms with van der Waals surface area (Å²) in [4.78, 5) is 0. The molecule has 1 atom stereocenters. The summed E-state index contributed by atoms with van der Waals surface area (Å²) in [6.07, 6.45) is 0.883. The van der Waals surface area contributed by atoms with Crippen molar-refractivity contribution in [3.63, 3.8) is 0 Å². The molecule has 1 nitrogen and oxygen atoms in total. The van der Waals surface area contributed by atoms with E-state index >= 15 is 0 Å². The molecular formula is C11H13ClFN. The molecule has 1 aromatic rings. The lowest BCUT2D eigenvalue weighted by molar-refractivity contribution is 0.624. The van der Waals surface area contributed by atoms with E-state index in [9.17, 15) is 4.39 Å². The van der Waals surface area contributed by atoms with Crippen LogP contribution < -0.4 is 5.32 Å². The van der Waals surface area contributed by atoms with Crippen LogP contribution in [0.4, 0.5) is 4.39 Å². The second-order valence-corrected chi connectivity index (χ2v) is 4.23. The molecule has 0 spiro atoms. The molecule has 0 saturated heterocycles. The zero-order valence-electron chi connectivity index (χ0n) is 8.11. The molecule has 1 aliphatic rings. The highest BCUT2D eigenvalue weighted by Crippen LogP contribution is 2.27. The van der Waals surface area contributed by atoms with E-state index in [2.05, 4.69) is 12.2 Å². The predicted molar refractivity (Wildman–Crippen MR) is 56.4 cm³/mol. The van der Waals surface area contributed by atoms with Crippen molar-refractivity contribution < 1.29 is 4.39 Å². The molecule has 0 bridgehead atoms. The van der Waals surface area contributed by atoms with Crippen LogP contribution in [0.15, 0.2) is 12.1 Å². The normalized spacial score (nSPS) is 21.5. The molecule has 3 heteroatoms. The zero-order valence-corrected chi connectivity index (χ0v) is 8.87. The summed E-state index contributed by atoms with van der Waals surface area (Å²) in [5.74, 6) is 0.102. The molecule has 1 aromatic carbocycles. The molecule has 1 heterocycles. The van der Waals surface area contributed by atoms with Crippen molar-refractivity contribution in [3.8, 4) is 0 Å². The number of hydrogen-bond donors (Lipinski definition) is 1. The molecule has 0 saturated carbocycles. The molecule has 0 aliphatic carbocycles. The van der Waals surface area contributed by atoms with Gasteiger partial charge in [-0.05, 0) is 42.1 Å². The van der Waals surface area contributed by atoms with Crippen LogP contribution in [0.5, 0.6) is 0 Å². The summed E-state index contributed by atoms with van der Waals surface area (Å²) in [5.41, 5.74) is 2.27.